The molecule has 9 nitrogen and oxygen atoms in total. The van der Waals surface area contributed by atoms with Gasteiger partial charge in [-0.2, -0.15) is 0 Å². The molecule has 0 saturated heterocycles. The Morgan fingerprint density at radius 2 is 1.66 bits per heavy atom. The van der Waals surface area contributed by atoms with E-state index in [-0.39, 0.29) is 12.0 Å². The van der Waals surface area contributed by atoms with Gasteiger partial charge in [-0.25, -0.2) is 9.59 Å². The highest BCUT2D eigenvalue weighted by molar-refractivity contribution is 5.97. The summed E-state index contributed by atoms with van der Waals surface area (Å²) in [5.41, 5.74) is 6.29. The Hall–Kier alpha value is -3.88. The second kappa shape index (κ2) is 10.5. The molecule has 1 atom stereocenters. The van der Waals surface area contributed by atoms with Crippen molar-refractivity contribution in [1.29, 1.82) is 0 Å². The van der Waals surface area contributed by atoms with Crippen molar-refractivity contribution in [3.05, 3.63) is 65.7 Å². The first-order valence-electron chi connectivity index (χ1n) is 8.65. The van der Waals surface area contributed by atoms with E-state index in [1.165, 1.54) is 19.2 Å². The Bertz CT molecular complexity index is 868. The largest absolute Gasteiger partial charge is 0.497 e. The molecule has 0 aliphatic carbocycles. The first kappa shape index (κ1) is 21.4. The molecule has 0 heterocycles. The minimum absolute atomic E-state index is 0.169. The summed E-state index contributed by atoms with van der Waals surface area (Å²) in [5, 5.41) is 4.58. The monoisotopic (exact) mass is 399 g/mol. The molecule has 0 aliphatic rings. The van der Waals surface area contributed by atoms with E-state index in [4.69, 9.17) is 10.5 Å². The molecular formula is C20H21N3O6. The molecule has 3 amide bonds. The number of methoxy groups -OCH3 is 1. The molecule has 29 heavy (non-hydrogen) atoms. The summed E-state index contributed by atoms with van der Waals surface area (Å²) in [5.74, 6) is -1.58. The number of hydrogen-bond donors (Lipinski definition) is 3. The lowest BCUT2D eigenvalue weighted by atomic mass is 10.1. The zero-order valence-corrected chi connectivity index (χ0v) is 15.7. The van der Waals surface area contributed by atoms with E-state index in [1.54, 1.807) is 42.5 Å². The molecule has 0 bridgehead atoms. The summed E-state index contributed by atoms with van der Waals surface area (Å²) in [7, 11) is 1.53. The lowest BCUT2D eigenvalue weighted by molar-refractivity contribution is -0.126. The number of alkyl carbamates (subject to hydrolysis) is 1. The summed E-state index contributed by atoms with van der Waals surface area (Å²) in [6.07, 6.45) is -0.915. The second-order valence-corrected chi connectivity index (χ2v) is 5.97. The van der Waals surface area contributed by atoms with Crippen molar-refractivity contribution in [2.75, 3.05) is 13.7 Å². The van der Waals surface area contributed by atoms with Crippen LogP contribution in [0.1, 0.15) is 15.9 Å². The normalized spacial score (nSPS) is 11.1. The number of carbonyl (C=O) groups is 4. The van der Waals surface area contributed by atoms with E-state index >= 15 is 0 Å². The summed E-state index contributed by atoms with van der Waals surface area (Å²) in [6.45, 7) is -0.493. The maximum absolute atomic E-state index is 12.0. The maximum atomic E-state index is 12.0. The number of rotatable bonds is 8. The molecule has 2 aromatic rings. The summed E-state index contributed by atoms with van der Waals surface area (Å²) in [6, 6.07) is 13.9. The van der Waals surface area contributed by atoms with Crippen LogP contribution in [0.2, 0.25) is 0 Å². The zero-order valence-electron chi connectivity index (χ0n) is 15.7. The third kappa shape index (κ3) is 6.98. The fourth-order valence-corrected chi connectivity index (χ4v) is 2.37. The number of nitrogens with one attached hydrogen (secondary N) is 2. The van der Waals surface area contributed by atoms with Crippen molar-refractivity contribution in [2.45, 2.75) is 12.5 Å². The lowest BCUT2D eigenvalue weighted by Crippen LogP contribution is -2.49. The highest BCUT2D eigenvalue weighted by atomic mass is 16.6. The molecule has 152 valence electrons. The van der Waals surface area contributed by atoms with Gasteiger partial charge in [0.15, 0.2) is 0 Å². The van der Waals surface area contributed by atoms with Gasteiger partial charge in [0, 0.05) is 6.42 Å². The van der Waals surface area contributed by atoms with Crippen molar-refractivity contribution in [1.82, 2.24) is 10.6 Å². The predicted octanol–water partition coefficient (Wildman–Crippen LogP) is 0.774. The summed E-state index contributed by atoms with van der Waals surface area (Å²) >= 11 is 0. The molecule has 2 rings (SSSR count). The third-order valence-electron chi connectivity index (χ3n) is 3.87. The van der Waals surface area contributed by atoms with Crippen molar-refractivity contribution < 1.29 is 28.7 Å². The van der Waals surface area contributed by atoms with Crippen molar-refractivity contribution in [3.8, 4) is 5.75 Å². The first-order chi connectivity index (χ1) is 13.9. The zero-order chi connectivity index (χ0) is 21.2. The highest BCUT2D eigenvalue weighted by Crippen LogP contribution is 2.12. The number of esters is 1. The molecular weight excluding hydrogens is 378 g/mol. The molecule has 0 fully saturated rings. The number of primary amides is 1. The van der Waals surface area contributed by atoms with Crippen LogP contribution in [0.4, 0.5) is 4.79 Å². The van der Waals surface area contributed by atoms with E-state index in [2.05, 4.69) is 15.4 Å². The van der Waals surface area contributed by atoms with Crippen LogP contribution in [0.25, 0.3) is 0 Å². The Balaban J connectivity index is 1.82. The van der Waals surface area contributed by atoms with E-state index in [9.17, 15) is 19.2 Å². The van der Waals surface area contributed by atoms with Gasteiger partial charge < -0.3 is 25.8 Å². The van der Waals surface area contributed by atoms with E-state index in [0.717, 1.165) is 5.56 Å². The summed E-state index contributed by atoms with van der Waals surface area (Å²) in [4.78, 5) is 47.1. The highest BCUT2D eigenvalue weighted by Gasteiger charge is 2.20. The predicted molar refractivity (Wildman–Crippen MR) is 103 cm³/mol. The minimum atomic E-state index is -1.08. The Kier molecular flexibility index (Phi) is 7.72. The Morgan fingerprint density at radius 3 is 2.24 bits per heavy atom. The number of benzene rings is 2. The van der Waals surface area contributed by atoms with Gasteiger partial charge in [-0.15, -0.1) is 0 Å². The second-order valence-electron chi connectivity index (χ2n) is 5.97. The van der Waals surface area contributed by atoms with E-state index in [0.29, 0.717) is 5.75 Å². The lowest BCUT2D eigenvalue weighted by Gasteiger charge is -2.16. The maximum Gasteiger partial charge on any atom is 0.415 e. The fraction of sp³-hybridized carbons (Fsp3) is 0.200. The first-order valence-corrected chi connectivity index (χ1v) is 8.65. The molecule has 1 unspecified atom stereocenters. The molecule has 4 N–H and O–H groups in total. The standard InChI is InChI=1S/C20H21N3O6/c1-28-15-9-7-13(8-10-15)11-16(18(21)25)23-17(24)12-22-20(27)29-19(26)14-5-3-2-4-6-14/h2-10,16H,11-12H2,1H3,(H2,21,25)(H,22,27)(H,23,24). The van der Waals surface area contributed by atoms with Crippen LogP contribution in [-0.4, -0.2) is 43.6 Å². The average molecular weight is 399 g/mol. The van der Waals surface area contributed by atoms with Gasteiger partial charge in [0.2, 0.25) is 11.8 Å². The fourth-order valence-electron chi connectivity index (χ4n) is 2.37. The molecule has 0 radical (unpaired) electrons. The van der Waals surface area contributed by atoms with Crippen LogP contribution in [-0.2, 0) is 20.7 Å². The Morgan fingerprint density at radius 1 is 1.00 bits per heavy atom. The molecule has 9 heteroatoms. The number of carbonyl (C=O) groups excluding carboxylic acids is 4. The summed E-state index contributed by atoms with van der Waals surface area (Å²) < 4.78 is 9.64. The van der Waals surface area contributed by atoms with Gasteiger partial charge in [0.05, 0.1) is 12.7 Å². The Labute approximate surface area is 167 Å². The van der Waals surface area contributed by atoms with Crippen LogP contribution in [0, 0.1) is 0 Å². The quantitative estimate of drug-likeness (QED) is 0.443. The van der Waals surface area contributed by atoms with Gasteiger partial charge >= 0.3 is 12.1 Å². The van der Waals surface area contributed by atoms with Crippen LogP contribution < -0.4 is 21.1 Å². The van der Waals surface area contributed by atoms with Crippen LogP contribution in [0.5, 0.6) is 5.75 Å². The third-order valence-corrected chi connectivity index (χ3v) is 3.87. The van der Waals surface area contributed by atoms with Crippen molar-refractivity contribution in [3.63, 3.8) is 0 Å². The smallest absolute Gasteiger partial charge is 0.415 e. The molecule has 0 aromatic heterocycles. The van der Waals surface area contributed by atoms with Gasteiger partial charge in [-0.3, -0.25) is 9.59 Å². The molecule has 0 aliphatic heterocycles. The van der Waals surface area contributed by atoms with Crippen LogP contribution in [0.3, 0.4) is 0 Å². The van der Waals surface area contributed by atoms with Gasteiger partial charge in [0.1, 0.15) is 18.3 Å². The number of ether oxygens (including phenoxy) is 2. The van der Waals surface area contributed by atoms with Crippen LogP contribution in [0.15, 0.2) is 54.6 Å². The SMILES string of the molecule is COc1ccc(CC(NC(=O)CNC(=O)OC(=O)c2ccccc2)C(N)=O)cc1. The van der Waals surface area contributed by atoms with Gasteiger partial charge in [0.25, 0.3) is 0 Å². The molecule has 2 aromatic carbocycles. The van der Waals surface area contributed by atoms with Gasteiger partial charge in [-0.05, 0) is 29.8 Å². The number of hydrogen-bond acceptors (Lipinski definition) is 6. The van der Waals surface area contributed by atoms with Gasteiger partial charge in [-0.1, -0.05) is 30.3 Å². The average Bonchev–Trinajstić information content (AvgIpc) is 2.72. The molecule has 0 saturated carbocycles. The number of amides is 3. The topological polar surface area (TPSA) is 137 Å². The van der Waals surface area contributed by atoms with Crippen LogP contribution >= 0.6 is 0 Å². The number of nitrogens with two attached hydrogens (primary N) is 1. The minimum Gasteiger partial charge on any atom is -0.497 e. The van der Waals surface area contributed by atoms with E-state index < -0.39 is 36.5 Å². The molecule has 0 spiro atoms. The van der Waals surface area contributed by atoms with Crippen molar-refractivity contribution >= 4 is 23.9 Å². The van der Waals surface area contributed by atoms with E-state index in [1.807, 2.05) is 0 Å². The van der Waals surface area contributed by atoms with Crippen molar-refractivity contribution in [2.24, 2.45) is 5.73 Å².